The van der Waals surface area contributed by atoms with E-state index in [-0.39, 0.29) is 17.1 Å². The van der Waals surface area contributed by atoms with Gasteiger partial charge in [0.25, 0.3) is 0 Å². The molecule has 7 nitrogen and oxygen atoms in total. The van der Waals surface area contributed by atoms with Gasteiger partial charge in [0, 0.05) is 19.2 Å². The van der Waals surface area contributed by atoms with E-state index in [2.05, 4.69) is 15.6 Å². The normalized spacial score (nSPS) is 22.3. The summed E-state index contributed by atoms with van der Waals surface area (Å²) in [5, 5.41) is 2.71. The summed E-state index contributed by atoms with van der Waals surface area (Å²) in [7, 11) is 1.66. The molecule has 2 amide bonds. The molecule has 7 heteroatoms. The highest BCUT2D eigenvalue weighted by Gasteiger charge is 2.39. The third-order valence-electron chi connectivity index (χ3n) is 4.01. The summed E-state index contributed by atoms with van der Waals surface area (Å²) in [6.45, 7) is 5.83. The highest BCUT2D eigenvalue weighted by atomic mass is 16.4. The van der Waals surface area contributed by atoms with Crippen LogP contribution in [0.5, 0.6) is 0 Å². The Bertz CT molecular complexity index is 554. The number of aryl methyl sites for hydroxylation is 1. The molecule has 1 saturated heterocycles. The topological polar surface area (TPSA) is 101 Å². The van der Waals surface area contributed by atoms with Crippen molar-refractivity contribution in [3.05, 3.63) is 23.2 Å². The predicted octanol–water partition coefficient (Wildman–Crippen LogP) is 0.150. The van der Waals surface area contributed by atoms with Crippen LogP contribution < -0.4 is 16.6 Å². The molecule has 1 unspecified atom stereocenters. The highest BCUT2D eigenvalue weighted by molar-refractivity contribution is 5.92. The molecule has 4 N–H and O–H groups in total. The minimum absolute atomic E-state index is 0.0591. The quantitative estimate of drug-likeness (QED) is 0.417. The Morgan fingerprint density at radius 1 is 1.52 bits per heavy atom. The van der Waals surface area contributed by atoms with E-state index in [1.165, 1.54) is 0 Å². The van der Waals surface area contributed by atoms with Crippen LogP contribution in [0, 0.1) is 12.3 Å². The van der Waals surface area contributed by atoms with Crippen molar-refractivity contribution in [1.82, 2.24) is 15.6 Å². The van der Waals surface area contributed by atoms with Crippen molar-refractivity contribution in [3.8, 4) is 0 Å². The molecule has 1 aromatic rings. The molecule has 0 aliphatic carbocycles. The van der Waals surface area contributed by atoms with Gasteiger partial charge in [-0.2, -0.15) is 0 Å². The molecule has 116 valence electrons. The molecule has 0 saturated carbocycles. The number of nitrogen functional groups attached to an aromatic ring is 1. The number of hydrogen-bond acceptors (Lipinski definition) is 5. The average Bonchev–Trinajstić information content (AvgIpc) is 3.01. The number of rotatable bonds is 4. The third-order valence-corrected chi connectivity index (χ3v) is 4.01. The lowest BCUT2D eigenvalue weighted by Gasteiger charge is -2.22. The van der Waals surface area contributed by atoms with E-state index in [9.17, 15) is 9.59 Å². The van der Waals surface area contributed by atoms with Gasteiger partial charge in [-0.3, -0.25) is 19.9 Å². The van der Waals surface area contributed by atoms with Crippen LogP contribution in [-0.2, 0) is 11.3 Å². The second-order valence-electron chi connectivity index (χ2n) is 5.80. The van der Waals surface area contributed by atoms with Crippen molar-refractivity contribution in [2.75, 3.05) is 20.1 Å². The number of nitrogens with zero attached hydrogens (tertiary/aromatic N) is 1. The SMILES string of the molecule is CNC(=O)C1(C)CCN(Cc2cc(C)c(C(=O)NN)o2)C1. The van der Waals surface area contributed by atoms with Gasteiger partial charge < -0.3 is 9.73 Å². The van der Waals surface area contributed by atoms with Crippen molar-refractivity contribution in [3.63, 3.8) is 0 Å². The fourth-order valence-corrected chi connectivity index (χ4v) is 2.82. The summed E-state index contributed by atoms with van der Waals surface area (Å²) in [4.78, 5) is 25.6. The van der Waals surface area contributed by atoms with Crippen LogP contribution in [0.4, 0.5) is 0 Å². The molecule has 1 aliphatic rings. The fraction of sp³-hybridized carbons (Fsp3) is 0.571. The van der Waals surface area contributed by atoms with Crippen LogP contribution in [0.25, 0.3) is 0 Å². The van der Waals surface area contributed by atoms with Crippen molar-refractivity contribution in [2.45, 2.75) is 26.8 Å². The first-order valence-corrected chi connectivity index (χ1v) is 6.94. The number of nitrogens with one attached hydrogen (secondary N) is 2. The molecule has 0 radical (unpaired) electrons. The number of carbonyl (C=O) groups excluding carboxylic acids is 2. The molecular weight excluding hydrogens is 272 g/mol. The van der Waals surface area contributed by atoms with Gasteiger partial charge in [0.2, 0.25) is 5.91 Å². The van der Waals surface area contributed by atoms with E-state index in [1.54, 1.807) is 14.0 Å². The Kier molecular flexibility index (Phi) is 4.34. The average molecular weight is 294 g/mol. The smallest absolute Gasteiger partial charge is 0.301 e. The Morgan fingerprint density at radius 3 is 2.86 bits per heavy atom. The first kappa shape index (κ1) is 15.5. The van der Waals surface area contributed by atoms with E-state index < -0.39 is 5.91 Å². The zero-order valence-electron chi connectivity index (χ0n) is 12.7. The lowest BCUT2D eigenvalue weighted by Crippen LogP contribution is -2.39. The third kappa shape index (κ3) is 3.08. The van der Waals surface area contributed by atoms with E-state index >= 15 is 0 Å². The number of amides is 2. The lowest BCUT2D eigenvalue weighted by atomic mass is 9.89. The van der Waals surface area contributed by atoms with E-state index in [0.717, 1.165) is 18.5 Å². The van der Waals surface area contributed by atoms with Crippen LogP contribution >= 0.6 is 0 Å². The second-order valence-corrected chi connectivity index (χ2v) is 5.80. The fourth-order valence-electron chi connectivity index (χ4n) is 2.82. The minimum atomic E-state index is -0.435. The molecule has 0 aromatic carbocycles. The van der Waals surface area contributed by atoms with Crippen molar-refractivity contribution in [2.24, 2.45) is 11.3 Å². The number of hydrogen-bond donors (Lipinski definition) is 3. The van der Waals surface area contributed by atoms with Gasteiger partial charge in [-0.05, 0) is 32.9 Å². The van der Waals surface area contributed by atoms with Gasteiger partial charge in [0.1, 0.15) is 5.76 Å². The van der Waals surface area contributed by atoms with Crippen LogP contribution in [-0.4, -0.2) is 36.9 Å². The van der Waals surface area contributed by atoms with Gasteiger partial charge in [-0.25, -0.2) is 5.84 Å². The Hall–Kier alpha value is -1.86. The maximum Gasteiger partial charge on any atom is 0.301 e. The molecule has 0 spiro atoms. The van der Waals surface area contributed by atoms with Crippen molar-refractivity contribution in [1.29, 1.82) is 0 Å². The Balaban J connectivity index is 2.04. The number of nitrogens with two attached hydrogens (primary N) is 1. The van der Waals surface area contributed by atoms with Crippen LogP contribution in [0.2, 0.25) is 0 Å². The lowest BCUT2D eigenvalue weighted by molar-refractivity contribution is -0.129. The van der Waals surface area contributed by atoms with Crippen molar-refractivity contribution < 1.29 is 14.0 Å². The molecule has 21 heavy (non-hydrogen) atoms. The standard InChI is InChI=1S/C14H22N4O3/c1-9-6-10(21-11(9)12(19)17-15)7-18-5-4-14(2,8-18)13(20)16-3/h6H,4-5,7-8,15H2,1-3H3,(H,16,20)(H,17,19). The number of carbonyl (C=O) groups is 2. The maximum absolute atomic E-state index is 11.9. The predicted molar refractivity (Wildman–Crippen MR) is 77.2 cm³/mol. The minimum Gasteiger partial charge on any atom is -0.454 e. The van der Waals surface area contributed by atoms with Gasteiger partial charge in [0.15, 0.2) is 5.76 Å². The zero-order chi connectivity index (χ0) is 15.6. The van der Waals surface area contributed by atoms with Crippen molar-refractivity contribution >= 4 is 11.8 Å². The molecule has 2 rings (SSSR count). The number of hydrazine groups is 1. The van der Waals surface area contributed by atoms with E-state index in [4.69, 9.17) is 10.3 Å². The summed E-state index contributed by atoms with van der Waals surface area (Å²) < 4.78 is 5.55. The monoisotopic (exact) mass is 294 g/mol. The van der Waals surface area contributed by atoms with Crippen LogP contribution in [0.15, 0.2) is 10.5 Å². The summed E-state index contributed by atoms with van der Waals surface area (Å²) in [6, 6.07) is 1.83. The Labute approximate surface area is 123 Å². The van der Waals surface area contributed by atoms with Crippen LogP contribution in [0.1, 0.15) is 35.2 Å². The molecule has 0 bridgehead atoms. The molecular formula is C14H22N4O3. The largest absolute Gasteiger partial charge is 0.454 e. The van der Waals surface area contributed by atoms with Gasteiger partial charge in [-0.15, -0.1) is 0 Å². The Morgan fingerprint density at radius 2 is 2.24 bits per heavy atom. The maximum atomic E-state index is 11.9. The summed E-state index contributed by atoms with van der Waals surface area (Å²) in [6.07, 6.45) is 0.808. The number of likely N-dealkylation sites (tertiary alicyclic amines) is 1. The highest BCUT2D eigenvalue weighted by Crippen LogP contribution is 2.31. The van der Waals surface area contributed by atoms with Crippen LogP contribution in [0.3, 0.4) is 0 Å². The molecule has 1 aliphatic heterocycles. The molecule has 2 heterocycles. The summed E-state index contributed by atoms with van der Waals surface area (Å²) >= 11 is 0. The first-order valence-electron chi connectivity index (χ1n) is 6.94. The second kappa shape index (κ2) is 5.87. The molecule has 1 aromatic heterocycles. The molecule has 1 atom stereocenters. The summed E-state index contributed by atoms with van der Waals surface area (Å²) in [5.74, 6) is 5.68. The van der Waals surface area contributed by atoms with E-state index in [1.807, 2.05) is 13.0 Å². The summed E-state index contributed by atoms with van der Waals surface area (Å²) in [5.41, 5.74) is 2.45. The molecule has 1 fully saturated rings. The van der Waals surface area contributed by atoms with E-state index in [0.29, 0.717) is 18.8 Å². The van der Waals surface area contributed by atoms with Gasteiger partial charge in [0.05, 0.1) is 12.0 Å². The van der Waals surface area contributed by atoms with Gasteiger partial charge >= 0.3 is 5.91 Å². The van der Waals surface area contributed by atoms with Gasteiger partial charge in [-0.1, -0.05) is 0 Å². The number of furan rings is 1. The first-order chi connectivity index (χ1) is 9.89. The zero-order valence-corrected chi connectivity index (χ0v) is 12.7.